The molecule has 0 bridgehead atoms. The van der Waals surface area contributed by atoms with Crippen molar-refractivity contribution in [1.82, 2.24) is 14.8 Å². The molecule has 0 unspecified atom stereocenters. The van der Waals surface area contributed by atoms with Crippen LogP contribution < -0.4 is 4.74 Å². The smallest absolute Gasteiger partial charge is 0.260 e. The largest absolute Gasteiger partial charge is 0.483 e. The molecule has 29 heavy (non-hydrogen) atoms. The fourth-order valence-electron chi connectivity index (χ4n) is 3.42. The van der Waals surface area contributed by atoms with Crippen LogP contribution in [0.5, 0.6) is 5.75 Å². The highest BCUT2D eigenvalue weighted by Gasteiger charge is 2.25. The van der Waals surface area contributed by atoms with E-state index < -0.39 is 0 Å². The summed E-state index contributed by atoms with van der Waals surface area (Å²) in [6.45, 7) is 8.50. The summed E-state index contributed by atoms with van der Waals surface area (Å²) in [6.07, 6.45) is 1.98. The number of hydrogen-bond acceptors (Lipinski definition) is 4. The van der Waals surface area contributed by atoms with Crippen LogP contribution >= 0.6 is 0 Å². The van der Waals surface area contributed by atoms with Gasteiger partial charge < -0.3 is 14.5 Å². The van der Waals surface area contributed by atoms with Crippen LogP contribution in [-0.2, 0) is 21.4 Å². The molecule has 1 aliphatic rings. The molecule has 6 heteroatoms. The van der Waals surface area contributed by atoms with E-state index in [1.807, 2.05) is 42.5 Å². The molecule has 1 aromatic heterocycles. The van der Waals surface area contributed by atoms with E-state index in [2.05, 4.69) is 25.8 Å². The number of benzene rings is 1. The summed E-state index contributed by atoms with van der Waals surface area (Å²) >= 11 is 0. The van der Waals surface area contributed by atoms with Crippen LogP contribution in [0, 0.1) is 0 Å². The van der Waals surface area contributed by atoms with Gasteiger partial charge in [0.1, 0.15) is 5.75 Å². The lowest BCUT2D eigenvalue weighted by atomic mass is 9.86. The van der Waals surface area contributed by atoms with Crippen molar-refractivity contribution in [2.45, 2.75) is 32.6 Å². The van der Waals surface area contributed by atoms with Crippen molar-refractivity contribution < 1.29 is 14.3 Å². The van der Waals surface area contributed by atoms with Crippen molar-refractivity contribution in [2.24, 2.45) is 0 Å². The monoisotopic (exact) mass is 395 g/mol. The van der Waals surface area contributed by atoms with Gasteiger partial charge in [-0.25, -0.2) is 0 Å². The van der Waals surface area contributed by atoms with E-state index in [-0.39, 0.29) is 23.8 Å². The van der Waals surface area contributed by atoms with Gasteiger partial charge in [-0.3, -0.25) is 14.6 Å². The highest BCUT2D eigenvalue weighted by molar-refractivity contribution is 5.80. The molecule has 6 nitrogen and oxygen atoms in total. The molecule has 0 saturated carbocycles. The number of aromatic nitrogens is 1. The predicted octanol–water partition coefficient (Wildman–Crippen LogP) is 2.67. The number of para-hydroxylation sites is 1. The Morgan fingerprint density at radius 3 is 2.17 bits per heavy atom. The molecule has 3 rings (SSSR count). The third-order valence-electron chi connectivity index (χ3n) is 5.09. The molecule has 0 spiro atoms. The molecule has 1 aliphatic heterocycles. The minimum absolute atomic E-state index is 0.00890. The zero-order valence-electron chi connectivity index (χ0n) is 17.4. The number of rotatable bonds is 5. The molecule has 1 saturated heterocycles. The van der Waals surface area contributed by atoms with Gasteiger partial charge in [0.25, 0.3) is 5.91 Å². The van der Waals surface area contributed by atoms with Gasteiger partial charge in [-0.15, -0.1) is 0 Å². The highest BCUT2D eigenvalue weighted by Crippen LogP contribution is 2.30. The third-order valence-corrected chi connectivity index (χ3v) is 5.09. The van der Waals surface area contributed by atoms with Crippen LogP contribution in [-0.4, -0.2) is 59.4 Å². The first-order valence-corrected chi connectivity index (χ1v) is 10.0. The quantitative estimate of drug-likeness (QED) is 0.781. The molecular weight excluding hydrogens is 366 g/mol. The number of pyridine rings is 1. The van der Waals surface area contributed by atoms with Gasteiger partial charge in [-0.1, -0.05) is 45.0 Å². The Bertz CT molecular complexity index is 838. The molecule has 154 valence electrons. The molecular formula is C23H29N3O3. The van der Waals surface area contributed by atoms with E-state index in [0.717, 1.165) is 17.0 Å². The second kappa shape index (κ2) is 9.07. The number of piperazine rings is 1. The van der Waals surface area contributed by atoms with Crippen LogP contribution in [0.25, 0.3) is 0 Å². The van der Waals surface area contributed by atoms with Crippen molar-refractivity contribution in [3.63, 3.8) is 0 Å². The van der Waals surface area contributed by atoms with Gasteiger partial charge in [0.05, 0.1) is 6.42 Å². The fourth-order valence-corrected chi connectivity index (χ4v) is 3.42. The molecule has 0 aliphatic carbocycles. The molecule has 2 amide bonds. The number of amides is 2. The molecule has 2 heterocycles. The average molecular weight is 396 g/mol. The van der Waals surface area contributed by atoms with Crippen molar-refractivity contribution in [2.75, 3.05) is 32.8 Å². The zero-order valence-corrected chi connectivity index (χ0v) is 17.4. The SMILES string of the molecule is CC(C)(C)c1ccccc1OCC(=O)N1CCN(C(=O)Cc2ccccn2)CC1. The first-order chi connectivity index (χ1) is 13.8. The van der Waals surface area contributed by atoms with Gasteiger partial charge >= 0.3 is 0 Å². The second-order valence-electron chi connectivity index (χ2n) is 8.29. The number of carbonyl (C=O) groups is 2. The Hall–Kier alpha value is -2.89. The number of nitrogens with zero attached hydrogens (tertiary/aromatic N) is 3. The summed E-state index contributed by atoms with van der Waals surface area (Å²) in [6, 6.07) is 13.4. The van der Waals surface area contributed by atoms with E-state index in [0.29, 0.717) is 32.6 Å². The van der Waals surface area contributed by atoms with E-state index in [9.17, 15) is 9.59 Å². The van der Waals surface area contributed by atoms with E-state index in [1.165, 1.54) is 0 Å². The maximum atomic E-state index is 12.6. The lowest BCUT2D eigenvalue weighted by Gasteiger charge is -2.34. The van der Waals surface area contributed by atoms with Crippen molar-refractivity contribution in [1.29, 1.82) is 0 Å². The molecule has 2 aromatic rings. The molecule has 1 aromatic carbocycles. The maximum absolute atomic E-state index is 12.6. The average Bonchev–Trinajstić information content (AvgIpc) is 2.72. The lowest BCUT2D eigenvalue weighted by molar-refractivity contribution is -0.140. The highest BCUT2D eigenvalue weighted by atomic mass is 16.5. The van der Waals surface area contributed by atoms with Crippen LogP contribution in [0.15, 0.2) is 48.7 Å². The molecule has 0 radical (unpaired) electrons. The van der Waals surface area contributed by atoms with Crippen molar-refractivity contribution >= 4 is 11.8 Å². The van der Waals surface area contributed by atoms with Gasteiger partial charge in [0.15, 0.2) is 6.61 Å². The first kappa shape index (κ1) is 20.8. The minimum atomic E-state index is -0.0563. The summed E-state index contributed by atoms with van der Waals surface area (Å²) in [5, 5.41) is 0. The Morgan fingerprint density at radius 2 is 1.55 bits per heavy atom. The zero-order chi connectivity index (χ0) is 20.9. The topological polar surface area (TPSA) is 62.7 Å². The van der Waals surface area contributed by atoms with Crippen LogP contribution in [0.2, 0.25) is 0 Å². The summed E-state index contributed by atoms with van der Waals surface area (Å²) < 4.78 is 5.85. The van der Waals surface area contributed by atoms with Gasteiger partial charge in [-0.2, -0.15) is 0 Å². The van der Waals surface area contributed by atoms with Gasteiger partial charge in [0.2, 0.25) is 5.91 Å². The predicted molar refractivity (Wildman–Crippen MR) is 112 cm³/mol. The maximum Gasteiger partial charge on any atom is 0.260 e. The third kappa shape index (κ3) is 5.56. The molecule has 0 N–H and O–H groups in total. The van der Waals surface area contributed by atoms with Crippen LogP contribution in [0.1, 0.15) is 32.0 Å². The number of carbonyl (C=O) groups excluding carboxylic acids is 2. The Kier molecular flexibility index (Phi) is 6.52. The number of ether oxygens (including phenoxy) is 1. The minimum Gasteiger partial charge on any atom is -0.483 e. The van der Waals surface area contributed by atoms with E-state index in [4.69, 9.17) is 4.74 Å². The second-order valence-corrected chi connectivity index (χ2v) is 8.29. The molecule has 1 fully saturated rings. The normalized spacial score (nSPS) is 14.6. The lowest BCUT2D eigenvalue weighted by Crippen LogP contribution is -2.52. The summed E-state index contributed by atoms with van der Waals surface area (Å²) in [4.78, 5) is 32.8. The van der Waals surface area contributed by atoms with Gasteiger partial charge in [-0.05, 0) is 29.2 Å². The summed E-state index contributed by atoms with van der Waals surface area (Å²) in [5.74, 6) is 0.745. The summed E-state index contributed by atoms with van der Waals surface area (Å²) in [7, 11) is 0. The van der Waals surface area contributed by atoms with Gasteiger partial charge in [0, 0.05) is 38.1 Å². The Morgan fingerprint density at radius 1 is 0.931 bits per heavy atom. The Labute approximate surface area is 172 Å². The summed E-state index contributed by atoms with van der Waals surface area (Å²) in [5.41, 5.74) is 1.79. The van der Waals surface area contributed by atoms with E-state index >= 15 is 0 Å². The van der Waals surface area contributed by atoms with Crippen molar-refractivity contribution in [3.05, 3.63) is 59.9 Å². The fraction of sp³-hybridized carbons (Fsp3) is 0.435. The van der Waals surface area contributed by atoms with Crippen molar-refractivity contribution in [3.8, 4) is 5.75 Å². The van der Waals surface area contributed by atoms with E-state index in [1.54, 1.807) is 16.0 Å². The standard InChI is InChI=1S/C23H29N3O3/c1-23(2,3)19-9-4-5-10-20(19)29-17-22(28)26-14-12-25(13-15-26)21(27)16-18-8-6-7-11-24-18/h4-11H,12-17H2,1-3H3. The number of hydrogen-bond donors (Lipinski definition) is 0. The molecule has 0 atom stereocenters. The Balaban J connectivity index is 1.49. The van der Waals surface area contributed by atoms with Crippen LogP contribution in [0.3, 0.4) is 0 Å². The first-order valence-electron chi connectivity index (χ1n) is 10.0. The van der Waals surface area contributed by atoms with Crippen LogP contribution in [0.4, 0.5) is 0 Å².